The summed E-state index contributed by atoms with van der Waals surface area (Å²) in [6.07, 6.45) is -0.643. The smallest absolute Gasteiger partial charge is 0.217 e. The van der Waals surface area contributed by atoms with Gasteiger partial charge in [-0.1, -0.05) is 47.6 Å². The number of methoxy groups -OCH3 is 1. The van der Waals surface area contributed by atoms with Crippen molar-refractivity contribution in [3.63, 3.8) is 0 Å². The maximum Gasteiger partial charge on any atom is 0.217 e. The van der Waals surface area contributed by atoms with E-state index in [4.69, 9.17) is 10.3 Å². The van der Waals surface area contributed by atoms with Gasteiger partial charge in [0.2, 0.25) is 5.91 Å². The van der Waals surface area contributed by atoms with E-state index in [1.807, 2.05) is 48.5 Å². The van der Waals surface area contributed by atoms with Gasteiger partial charge in [0.25, 0.3) is 0 Å². The summed E-state index contributed by atoms with van der Waals surface area (Å²) < 4.78 is 18.4. The number of hydrogen-bond donors (Lipinski definition) is 1. The van der Waals surface area contributed by atoms with E-state index in [1.54, 1.807) is 0 Å². The number of amides is 1. The maximum absolute atomic E-state index is 13.1. The van der Waals surface area contributed by atoms with Crippen LogP contribution in [-0.4, -0.2) is 25.7 Å². The number of rotatable bonds is 8. The van der Waals surface area contributed by atoms with Crippen molar-refractivity contribution in [2.45, 2.75) is 25.6 Å². The van der Waals surface area contributed by atoms with Crippen molar-refractivity contribution in [3.8, 4) is 11.1 Å². The number of nitrogens with zero attached hydrogens (tertiary/aromatic N) is 3. The zero-order chi connectivity index (χ0) is 18.9. The Hall–Kier alpha value is -2.89. The van der Waals surface area contributed by atoms with E-state index in [-0.39, 0.29) is 5.91 Å². The molecule has 1 unspecified atom stereocenters. The Kier molecular flexibility index (Phi) is 7.14. The number of carbonyl (C=O) groups excluding carboxylic acids is 1. The molecule has 6 nitrogen and oxygen atoms in total. The lowest BCUT2D eigenvalue weighted by Crippen LogP contribution is -2.20. The highest BCUT2D eigenvalue weighted by molar-refractivity contribution is 5.73. The molecule has 2 atom stereocenters. The molecule has 1 N–H and O–H groups in total. The molecule has 2 aromatic carbocycles. The zero-order valence-corrected chi connectivity index (χ0v) is 14.7. The van der Waals surface area contributed by atoms with E-state index < -0.39 is 18.8 Å². The van der Waals surface area contributed by atoms with Crippen LogP contribution in [0.15, 0.2) is 53.6 Å². The second-order valence-corrected chi connectivity index (χ2v) is 5.81. The van der Waals surface area contributed by atoms with Crippen LogP contribution in [0, 0.1) is 0 Å². The Morgan fingerprint density at radius 3 is 2.58 bits per heavy atom. The molecule has 0 aliphatic carbocycles. The van der Waals surface area contributed by atoms with Gasteiger partial charge in [0, 0.05) is 25.5 Å². The minimum Gasteiger partial charge on any atom is -0.376 e. The fourth-order valence-electron chi connectivity index (χ4n) is 2.71. The summed E-state index contributed by atoms with van der Waals surface area (Å²) in [5, 5.41) is 6.24. The van der Waals surface area contributed by atoms with Crippen LogP contribution < -0.4 is 5.32 Å². The summed E-state index contributed by atoms with van der Waals surface area (Å²) in [6, 6.07) is 14.4. The molecule has 26 heavy (non-hydrogen) atoms. The van der Waals surface area contributed by atoms with Gasteiger partial charge in [0.05, 0.1) is 12.1 Å². The first-order valence-electron chi connectivity index (χ1n) is 8.15. The molecule has 0 saturated carbocycles. The third kappa shape index (κ3) is 5.05. The fourth-order valence-corrected chi connectivity index (χ4v) is 2.71. The van der Waals surface area contributed by atoms with E-state index in [9.17, 15) is 9.18 Å². The molecule has 0 saturated heterocycles. The van der Waals surface area contributed by atoms with E-state index in [1.165, 1.54) is 14.0 Å². The second-order valence-electron chi connectivity index (χ2n) is 5.81. The first-order chi connectivity index (χ1) is 12.6. The Bertz CT molecular complexity index is 788. The summed E-state index contributed by atoms with van der Waals surface area (Å²) >= 11 is 0. The first-order valence-corrected chi connectivity index (χ1v) is 8.15. The van der Waals surface area contributed by atoms with Crippen LogP contribution in [0.25, 0.3) is 21.6 Å². The van der Waals surface area contributed by atoms with Crippen molar-refractivity contribution in [2.75, 3.05) is 13.8 Å². The molecule has 0 heterocycles. The Morgan fingerprint density at radius 1 is 1.27 bits per heavy atom. The SMILES string of the molecule is CO[C@H](c1ccc(-c2cccc(CNC(C)=O)c2)cc1)C(CF)N=[N+]=[N-]. The summed E-state index contributed by atoms with van der Waals surface area (Å²) in [4.78, 5) is 13.7. The van der Waals surface area contributed by atoms with E-state index in [0.29, 0.717) is 6.54 Å². The van der Waals surface area contributed by atoms with Gasteiger partial charge in [0.15, 0.2) is 0 Å². The molecule has 0 fully saturated rings. The number of halogens is 1. The number of azide groups is 1. The molecule has 0 aliphatic heterocycles. The lowest BCUT2D eigenvalue weighted by Gasteiger charge is -2.20. The average Bonchev–Trinajstić information content (AvgIpc) is 2.67. The van der Waals surface area contributed by atoms with Gasteiger partial charge in [-0.2, -0.15) is 0 Å². The number of benzene rings is 2. The standard InChI is InChI=1S/C19H21FN4O2/c1-13(25)22-12-14-4-3-5-17(10-14)15-6-8-16(9-7-15)19(26-2)18(11-20)23-24-21/h3-10,18-19H,11-12H2,1-2H3,(H,22,25)/t18?,19-/m1/s1. The van der Waals surface area contributed by atoms with E-state index >= 15 is 0 Å². The Morgan fingerprint density at radius 2 is 2.00 bits per heavy atom. The molecular formula is C19H21FN4O2. The van der Waals surface area contributed by atoms with Gasteiger partial charge in [0.1, 0.15) is 6.67 Å². The highest BCUT2D eigenvalue weighted by atomic mass is 19.1. The summed E-state index contributed by atoms with van der Waals surface area (Å²) in [5.74, 6) is -0.0761. The van der Waals surface area contributed by atoms with Gasteiger partial charge in [-0.3, -0.25) is 9.18 Å². The second kappa shape index (κ2) is 9.56. The van der Waals surface area contributed by atoms with Crippen molar-refractivity contribution in [1.29, 1.82) is 0 Å². The summed E-state index contributed by atoms with van der Waals surface area (Å²) in [6.45, 7) is 1.16. The highest BCUT2D eigenvalue weighted by Crippen LogP contribution is 2.27. The Labute approximate surface area is 151 Å². The number of nitrogens with one attached hydrogen (secondary N) is 1. The van der Waals surface area contributed by atoms with Gasteiger partial charge in [-0.05, 0) is 33.9 Å². The van der Waals surface area contributed by atoms with Crippen LogP contribution in [0.3, 0.4) is 0 Å². The van der Waals surface area contributed by atoms with Crippen LogP contribution >= 0.6 is 0 Å². The average molecular weight is 356 g/mol. The molecule has 0 radical (unpaired) electrons. The van der Waals surface area contributed by atoms with E-state index in [2.05, 4.69) is 15.3 Å². The quantitative estimate of drug-likeness (QED) is 0.434. The molecule has 0 aliphatic rings. The molecule has 0 spiro atoms. The van der Waals surface area contributed by atoms with Crippen molar-refractivity contribution < 1.29 is 13.9 Å². The lowest BCUT2D eigenvalue weighted by atomic mass is 9.98. The first kappa shape index (κ1) is 19.4. The largest absolute Gasteiger partial charge is 0.376 e. The van der Waals surface area contributed by atoms with Crippen LogP contribution in [0.5, 0.6) is 0 Å². The third-order valence-electron chi connectivity index (χ3n) is 4.00. The molecule has 1 amide bonds. The van der Waals surface area contributed by atoms with Crippen molar-refractivity contribution in [2.24, 2.45) is 5.11 Å². The predicted octanol–water partition coefficient (Wildman–Crippen LogP) is 4.33. The minimum absolute atomic E-state index is 0.0761. The molecule has 7 heteroatoms. The lowest BCUT2D eigenvalue weighted by molar-refractivity contribution is -0.119. The van der Waals surface area contributed by atoms with Crippen molar-refractivity contribution >= 4 is 5.91 Å². The minimum atomic E-state index is -0.906. The summed E-state index contributed by atoms with van der Waals surface area (Å²) in [5.41, 5.74) is 12.3. The molecule has 136 valence electrons. The molecular weight excluding hydrogens is 335 g/mol. The zero-order valence-electron chi connectivity index (χ0n) is 14.7. The number of carbonyl (C=O) groups is 1. The van der Waals surface area contributed by atoms with Crippen LogP contribution in [0.2, 0.25) is 0 Å². The van der Waals surface area contributed by atoms with Gasteiger partial charge in [-0.15, -0.1) is 0 Å². The fraction of sp³-hybridized carbons (Fsp3) is 0.316. The van der Waals surface area contributed by atoms with E-state index in [0.717, 1.165) is 22.3 Å². The normalized spacial score (nSPS) is 12.7. The van der Waals surface area contributed by atoms with Crippen LogP contribution in [0.1, 0.15) is 24.2 Å². The predicted molar refractivity (Wildman–Crippen MR) is 98.1 cm³/mol. The van der Waals surface area contributed by atoms with Crippen LogP contribution in [-0.2, 0) is 16.1 Å². The van der Waals surface area contributed by atoms with Gasteiger partial charge >= 0.3 is 0 Å². The highest BCUT2D eigenvalue weighted by Gasteiger charge is 2.22. The van der Waals surface area contributed by atoms with Gasteiger partial charge < -0.3 is 10.1 Å². The number of alkyl halides is 1. The van der Waals surface area contributed by atoms with Gasteiger partial charge in [-0.25, -0.2) is 0 Å². The monoisotopic (exact) mass is 356 g/mol. The van der Waals surface area contributed by atoms with Crippen LogP contribution in [0.4, 0.5) is 4.39 Å². The molecule has 0 aromatic heterocycles. The molecule has 0 bridgehead atoms. The number of hydrogen-bond acceptors (Lipinski definition) is 3. The van der Waals surface area contributed by atoms with Crippen molar-refractivity contribution in [3.05, 3.63) is 70.1 Å². The topological polar surface area (TPSA) is 87.1 Å². The summed E-state index contributed by atoms with van der Waals surface area (Å²) in [7, 11) is 1.46. The maximum atomic E-state index is 13.1. The number of ether oxygens (including phenoxy) is 1. The molecule has 2 rings (SSSR count). The Balaban J connectivity index is 2.22. The molecule has 2 aromatic rings. The van der Waals surface area contributed by atoms with Crippen molar-refractivity contribution in [1.82, 2.24) is 5.32 Å². The third-order valence-corrected chi connectivity index (χ3v) is 4.00.